The zero-order chi connectivity index (χ0) is 17.5. The van der Waals surface area contributed by atoms with Crippen molar-refractivity contribution in [1.82, 2.24) is 10.6 Å². The Labute approximate surface area is 138 Å². The minimum Gasteiger partial charge on any atom is -0.481 e. The van der Waals surface area contributed by atoms with Crippen molar-refractivity contribution >= 4 is 23.9 Å². The maximum Gasteiger partial charge on any atom is 0.303 e. The fraction of sp³-hybridized carbons (Fsp3) is 0.312. The van der Waals surface area contributed by atoms with Crippen molar-refractivity contribution in [3.63, 3.8) is 0 Å². The van der Waals surface area contributed by atoms with Crippen LogP contribution in [0.5, 0.6) is 11.5 Å². The van der Waals surface area contributed by atoms with Gasteiger partial charge in [-0.3, -0.25) is 14.4 Å². The number of aliphatic carboxylic acids is 1. The van der Waals surface area contributed by atoms with Gasteiger partial charge >= 0.3 is 5.97 Å². The largest absolute Gasteiger partial charge is 0.481 e. The van der Waals surface area contributed by atoms with Crippen LogP contribution < -0.4 is 20.1 Å². The van der Waals surface area contributed by atoms with Gasteiger partial charge in [-0.2, -0.15) is 0 Å². The molecule has 8 heteroatoms. The van der Waals surface area contributed by atoms with Gasteiger partial charge in [0.25, 0.3) is 5.91 Å². The van der Waals surface area contributed by atoms with E-state index in [2.05, 4.69) is 10.6 Å². The molecule has 0 saturated heterocycles. The molecule has 8 nitrogen and oxygen atoms in total. The van der Waals surface area contributed by atoms with Gasteiger partial charge in [0.05, 0.1) is 0 Å². The number of benzene rings is 1. The molecule has 1 aromatic rings. The first-order valence-electron chi connectivity index (χ1n) is 7.34. The Morgan fingerprint density at radius 1 is 1.25 bits per heavy atom. The predicted molar refractivity (Wildman–Crippen MR) is 84.2 cm³/mol. The first-order chi connectivity index (χ1) is 11.5. The SMILES string of the molecule is CC(=O)NC(=Cc1ccc2c(c1)OCO2)C(=O)NCCCC(=O)O. The van der Waals surface area contributed by atoms with Crippen molar-refractivity contribution in [3.8, 4) is 11.5 Å². The molecule has 24 heavy (non-hydrogen) atoms. The zero-order valence-electron chi connectivity index (χ0n) is 13.1. The molecular formula is C16H18N2O6. The van der Waals surface area contributed by atoms with Crippen molar-refractivity contribution < 1.29 is 29.0 Å². The molecule has 0 fully saturated rings. The van der Waals surface area contributed by atoms with Gasteiger partial charge in [-0.05, 0) is 30.2 Å². The summed E-state index contributed by atoms with van der Waals surface area (Å²) in [6.45, 7) is 1.64. The number of rotatable bonds is 7. The lowest BCUT2D eigenvalue weighted by molar-refractivity contribution is -0.137. The average molecular weight is 334 g/mol. The van der Waals surface area contributed by atoms with Gasteiger partial charge < -0.3 is 25.2 Å². The molecule has 0 aliphatic carbocycles. The standard InChI is InChI=1S/C16H18N2O6/c1-10(19)18-12(16(22)17-6-2-3-15(20)21)7-11-4-5-13-14(8-11)24-9-23-13/h4-5,7-8H,2-3,6,9H2,1H3,(H,17,22)(H,18,19)(H,20,21). The Morgan fingerprint density at radius 3 is 2.71 bits per heavy atom. The van der Waals surface area contributed by atoms with Crippen LogP contribution in [0.2, 0.25) is 0 Å². The maximum atomic E-state index is 12.2. The van der Waals surface area contributed by atoms with Gasteiger partial charge in [0.2, 0.25) is 12.7 Å². The number of hydrogen-bond donors (Lipinski definition) is 3. The molecule has 0 bridgehead atoms. The fourth-order valence-electron chi connectivity index (χ4n) is 2.05. The highest BCUT2D eigenvalue weighted by Crippen LogP contribution is 2.32. The van der Waals surface area contributed by atoms with E-state index >= 15 is 0 Å². The number of carbonyl (C=O) groups is 3. The van der Waals surface area contributed by atoms with Crippen molar-refractivity contribution in [2.24, 2.45) is 0 Å². The van der Waals surface area contributed by atoms with E-state index < -0.39 is 11.9 Å². The number of hydrogen-bond acceptors (Lipinski definition) is 5. The summed E-state index contributed by atoms with van der Waals surface area (Å²) in [6.07, 6.45) is 1.77. The number of ether oxygens (including phenoxy) is 2. The van der Waals surface area contributed by atoms with Crippen molar-refractivity contribution in [1.29, 1.82) is 0 Å². The molecular weight excluding hydrogens is 316 g/mol. The monoisotopic (exact) mass is 334 g/mol. The second-order valence-corrected chi connectivity index (χ2v) is 5.11. The number of amides is 2. The summed E-state index contributed by atoms with van der Waals surface area (Å²) < 4.78 is 10.5. The lowest BCUT2D eigenvalue weighted by atomic mass is 10.1. The molecule has 1 aliphatic rings. The first kappa shape index (κ1) is 17.3. The van der Waals surface area contributed by atoms with Gasteiger partial charge in [0, 0.05) is 19.9 Å². The number of nitrogens with one attached hydrogen (secondary N) is 2. The molecule has 2 amide bonds. The first-order valence-corrected chi connectivity index (χ1v) is 7.34. The van der Waals surface area contributed by atoms with Gasteiger partial charge in [-0.1, -0.05) is 6.07 Å². The highest BCUT2D eigenvalue weighted by Gasteiger charge is 2.15. The second-order valence-electron chi connectivity index (χ2n) is 5.11. The third-order valence-corrected chi connectivity index (χ3v) is 3.12. The quantitative estimate of drug-likeness (QED) is 0.504. The minimum absolute atomic E-state index is 0.0401. The molecule has 0 radical (unpaired) electrons. The van der Waals surface area contributed by atoms with Gasteiger partial charge in [-0.15, -0.1) is 0 Å². The Hall–Kier alpha value is -3.03. The van der Waals surface area contributed by atoms with Crippen LogP contribution in [0.1, 0.15) is 25.3 Å². The summed E-state index contributed by atoms with van der Waals surface area (Å²) in [5.74, 6) is -0.627. The molecule has 1 heterocycles. The molecule has 0 saturated carbocycles. The van der Waals surface area contributed by atoms with Crippen LogP contribution in [0, 0.1) is 0 Å². The number of carbonyl (C=O) groups excluding carboxylic acids is 2. The summed E-state index contributed by atoms with van der Waals surface area (Å²) in [7, 11) is 0. The van der Waals surface area contributed by atoms with Crippen LogP contribution in [0.15, 0.2) is 23.9 Å². The highest BCUT2D eigenvalue weighted by atomic mass is 16.7. The molecule has 0 unspecified atom stereocenters. The van der Waals surface area contributed by atoms with Crippen LogP contribution in [0.4, 0.5) is 0 Å². The number of carboxylic acids is 1. The van der Waals surface area contributed by atoms with E-state index in [0.717, 1.165) is 0 Å². The summed E-state index contributed by atoms with van der Waals surface area (Å²) in [5, 5.41) is 13.6. The Bertz CT molecular complexity index is 683. The Morgan fingerprint density at radius 2 is 2.00 bits per heavy atom. The zero-order valence-corrected chi connectivity index (χ0v) is 13.1. The van der Waals surface area contributed by atoms with Crippen LogP contribution in [0.3, 0.4) is 0 Å². The fourth-order valence-corrected chi connectivity index (χ4v) is 2.05. The molecule has 1 aromatic carbocycles. The molecule has 0 aromatic heterocycles. The number of carboxylic acid groups (broad SMARTS) is 1. The van der Waals surface area contributed by atoms with E-state index in [1.807, 2.05) is 0 Å². The van der Waals surface area contributed by atoms with Gasteiger partial charge in [-0.25, -0.2) is 0 Å². The molecule has 1 aliphatic heterocycles. The lowest BCUT2D eigenvalue weighted by Gasteiger charge is -2.09. The maximum absolute atomic E-state index is 12.2. The number of fused-ring (bicyclic) bond motifs is 1. The normalized spacial score (nSPS) is 12.6. The molecule has 2 rings (SSSR count). The smallest absolute Gasteiger partial charge is 0.303 e. The van der Waals surface area contributed by atoms with E-state index in [0.29, 0.717) is 23.5 Å². The van der Waals surface area contributed by atoms with E-state index in [1.54, 1.807) is 18.2 Å². The Kier molecular flexibility index (Phi) is 5.78. The molecule has 0 spiro atoms. The second kappa shape index (κ2) is 8.00. The van der Waals surface area contributed by atoms with E-state index in [-0.39, 0.29) is 31.4 Å². The van der Waals surface area contributed by atoms with Crippen LogP contribution in [-0.4, -0.2) is 36.2 Å². The van der Waals surface area contributed by atoms with Crippen molar-refractivity contribution in [2.45, 2.75) is 19.8 Å². The van der Waals surface area contributed by atoms with Gasteiger partial charge in [0.1, 0.15) is 5.70 Å². The molecule has 3 N–H and O–H groups in total. The van der Waals surface area contributed by atoms with Crippen molar-refractivity contribution in [2.75, 3.05) is 13.3 Å². The van der Waals surface area contributed by atoms with Crippen LogP contribution >= 0.6 is 0 Å². The van der Waals surface area contributed by atoms with Crippen molar-refractivity contribution in [3.05, 3.63) is 29.5 Å². The molecule has 0 atom stereocenters. The van der Waals surface area contributed by atoms with E-state index in [1.165, 1.54) is 13.0 Å². The van der Waals surface area contributed by atoms with E-state index in [4.69, 9.17) is 14.6 Å². The van der Waals surface area contributed by atoms with Gasteiger partial charge in [0.15, 0.2) is 11.5 Å². The predicted octanol–water partition coefficient (Wildman–Crippen LogP) is 0.873. The summed E-state index contributed by atoms with van der Waals surface area (Å²) >= 11 is 0. The highest BCUT2D eigenvalue weighted by molar-refractivity contribution is 6.00. The summed E-state index contributed by atoms with van der Waals surface area (Å²) in [4.78, 5) is 33.9. The Balaban J connectivity index is 2.07. The third kappa shape index (κ3) is 5.01. The third-order valence-electron chi connectivity index (χ3n) is 3.12. The summed E-state index contributed by atoms with van der Waals surface area (Å²) in [5.41, 5.74) is 0.723. The average Bonchev–Trinajstić information content (AvgIpc) is 2.97. The topological polar surface area (TPSA) is 114 Å². The minimum atomic E-state index is -0.928. The van der Waals surface area contributed by atoms with Crippen LogP contribution in [-0.2, 0) is 14.4 Å². The lowest BCUT2D eigenvalue weighted by Crippen LogP contribution is -2.34. The van der Waals surface area contributed by atoms with E-state index in [9.17, 15) is 14.4 Å². The summed E-state index contributed by atoms with van der Waals surface area (Å²) in [6, 6.07) is 5.14. The van der Waals surface area contributed by atoms with Crippen LogP contribution in [0.25, 0.3) is 6.08 Å². The molecule has 128 valence electrons.